The number of aliphatic hydroxyl groups excluding tert-OH is 1. The summed E-state index contributed by atoms with van der Waals surface area (Å²) in [6, 6.07) is 7.20. The van der Waals surface area contributed by atoms with E-state index >= 15 is 0 Å². The molecule has 92 valence electrons. The molecule has 0 radical (unpaired) electrons. The van der Waals surface area contributed by atoms with Gasteiger partial charge in [-0.25, -0.2) is 0 Å². The van der Waals surface area contributed by atoms with Gasteiger partial charge in [0.15, 0.2) is 0 Å². The van der Waals surface area contributed by atoms with Gasteiger partial charge in [-0.3, -0.25) is 4.79 Å². The van der Waals surface area contributed by atoms with Crippen molar-refractivity contribution in [3.8, 4) is 0 Å². The Morgan fingerprint density at radius 3 is 2.41 bits per heavy atom. The highest BCUT2D eigenvalue weighted by molar-refractivity contribution is 6.17. The van der Waals surface area contributed by atoms with Crippen LogP contribution in [0.4, 0.5) is 0 Å². The molecule has 0 saturated heterocycles. The lowest BCUT2D eigenvalue weighted by molar-refractivity contribution is 0.0641. The van der Waals surface area contributed by atoms with E-state index < -0.39 is 0 Å². The average molecular weight is 254 g/mol. The van der Waals surface area contributed by atoms with Crippen LogP contribution in [0.3, 0.4) is 0 Å². The Morgan fingerprint density at radius 1 is 1.35 bits per heavy atom. The van der Waals surface area contributed by atoms with Crippen molar-refractivity contribution in [2.24, 2.45) is 0 Å². The Morgan fingerprint density at radius 2 is 2.00 bits per heavy atom. The molecule has 0 atom stereocenters. The van der Waals surface area contributed by atoms with Gasteiger partial charge in [0, 0.05) is 11.4 Å². The number of hydrogen-bond acceptors (Lipinski definition) is 2. The van der Waals surface area contributed by atoms with Gasteiger partial charge in [0.1, 0.15) is 0 Å². The molecule has 17 heavy (non-hydrogen) atoms. The fourth-order valence-corrected chi connectivity index (χ4v) is 2.16. The van der Waals surface area contributed by atoms with Gasteiger partial charge < -0.3 is 10.4 Å². The largest absolute Gasteiger partial charge is 0.394 e. The van der Waals surface area contributed by atoms with Crippen LogP contribution in [-0.4, -0.2) is 23.2 Å². The smallest absolute Gasteiger partial charge is 0.251 e. The normalized spacial score (nSPS) is 17.3. The minimum absolute atomic E-state index is 0.0124. The first-order valence-corrected chi connectivity index (χ1v) is 6.31. The topological polar surface area (TPSA) is 49.3 Å². The lowest BCUT2D eigenvalue weighted by Crippen LogP contribution is -2.56. The third kappa shape index (κ3) is 2.61. The third-order valence-electron chi connectivity index (χ3n) is 3.36. The molecule has 1 aliphatic carbocycles. The van der Waals surface area contributed by atoms with E-state index in [0.717, 1.165) is 24.8 Å². The summed E-state index contributed by atoms with van der Waals surface area (Å²) in [5, 5.41) is 12.2. The van der Waals surface area contributed by atoms with Crippen LogP contribution in [0, 0.1) is 0 Å². The monoisotopic (exact) mass is 253 g/mol. The van der Waals surface area contributed by atoms with Crippen molar-refractivity contribution in [1.82, 2.24) is 5.32 Å². The molecular formula is C13H16ClNO2. The fourth-order valence-electron chi connectivity index (χ4n) is 1.98. The molecule has 0 unspecified atom stereocenters. The van der Waals surface area contributed by atoms with Crippen molar-refractivity contribution in [1.29, 1.82) is 0 Å². The van der Waals surface area contributed by atoms with Crippen LogP contribution >= 0.6 is 11.6 Å². The van der Waals surface area contributed by atoms with Crippen molar-refractivity contribution in [2.75, 3.05) is 6.61 Å². The zero-order valence-corrected chi connectivity index (χ0v) is 10.3. The maximum atomic E-state index is 12.0. The van der Waals surface area contributed by atoms with E-state index in [1.807, 2.05) is 12.1 Å². The van der Waals surface area contributed by atoms with Gasteiger partial charge in [0.2, 0.25) is 0 Å². The van der Waals surface area contributed by atoms with Crippen molar-refractivity contribution in [3.05, 3.63) is 35.4 Å². The second-order valence-electron chi connectivity index (χ2n) is 4.58. The lowest BCUT2D eigenvalue weighted by atomic mass is 9.77. The van der Waals surface area contributed by atoms with Gasteiger partial charge in [-0.2, -0.15) is 0 Å². The molecule has 1 aliphatic rings. The van der Waals surface area contributed by atoms with Crippen molar-refractivity contribution < 1.29 is 9.90 Å². The van der Waals surface area contributed by atoms with Crippen LogP contribution in [-0.2, 0) is 5.88 Å². The summed E-state index contributed by atoms with van der Waals surface area (Å²) < 4.78 is 0. The Kier molecular flexibility index (Phi) is 3.69. The van der Waals surface area contributed by atoms with Gasteiger partial charge in [0.05, 0.1) is 12.1 Å². The van der Waals surface area contributed by atoms with E-state index in [-0.39, 0.29) is 18.1 Å². The molecule has 1 aromatic carbocycles. The molecule has 0 aromatic heterocycles. The number of alkyl halides is 1. The standard InChI is InChI=1S/C13H16ClNO2/c14-8-10-2-4-11(5-3-10)12(17)15-13(9-16)6-1-7-13/h2-5,16H,1,6-9H2,(H,15,17). The zero-order valence-electron chi connectivity index (χ0n) is 9.58. The number of hydrogen-bond donors (Lipinski definition) is 2. The highest BCUT2D eigenvalue weighted by Crippen LogP contribution is 2.31. The maximum absolute atomic E-state index is 12.0. The molecule has 1 amide bonds. The van der Waals surface area contributed by atoms with Crippen LogP contribution in [0.1, 0.15) is 35.2 Å². The van der Waals surface area contributed by atoms with Crippen LogP contribution in [0.25, 0.3) is 0 Å². The molecule has 1 saturated carbocycles. The molecule has 0 spiro atoms. The Labute approximate surface area is 106 Å². The first-order chi connectivity index (χ1) is 8.19. The summed E-state index contributed by atoms with van der Waals surface area (Å²) in [5.41, 5.74) is 1.21. The van der Waals surface area contributed by atoms with Gasteiger partial charge >= 0.3 is 0 Å². The minimum atomic E-state index is -0.387. The van der Waals surface area contributed by atoms with E-state index in [1.54, 1.807) is 12.1 Å². The number of halogens is 1. The quantitative estimate of drug-likeness (QED) is 0.807. The van der Waals surface area contributed by atoms with Crippen molar-refractivity contribution in [2.45, 2.75) is 30.7 Å². The summed E-state index contributed by atoms with van der Waals surface area (Å²) in [6.07, 6.45) is 2.77. The highest BCUT2D eigenvalue weighted by atomic mass is 35.5. The lowest BCUT2D eigenvalue weighted by Gasteiger charge is -2.40. The second-order valence-corrected chi connectivity index (χ2v) is 4.84. The summed E-state index contributed by atoms with van der Waals surface area (Å²) in [6.45, 7) is 0.0124. The molecule has 1 fully saturated rings. The Hall–Kier alpha value is -1.06. The Balaban J connectivity index is 2.03. The maximum Gasteiger partial charge on any atom is 0.251 e. The van der Waals surface area contributed by atoms with Gasteiger partial charge in [-0.1, -0.05) is 12.1 Å². The van der Waals surface area contributed by atoms with E-state index in [0.29, 0.717) is 11.4 Å². The summed E-state index contributed by atoms with van der Waals surface area (Å²) >= 11 is 5.69. The summed E-state index contributed by atoms with van der Waals surface area (Å²) in [5.74, 6) is 0.322. The number of nitrogens with one attached hydrogen (secondary N) is 1. The molecule has 3 nitrogen and oxygen atoms in total. The molecule has 0 aliphatic heterocycles. The van der Waals surface area contributed by atoms with Crippen LogP contribution in [0.5, 0.6) is 0 Å². The number of rotatable bonds is 4. The number of aliphatic hydroxyl groups is 1. The average Bonchev–Trinajstić information content (AvgIpc) is 2.33. The molecule has 4 heteroatoms. The molecule has 2 rings (SSSR count). The minimum Gasteiger partial charge on any atom is -0.394 e. The number of benzene rings is 1. The number of carbonyl (C=O) groups excluding carboxylic acids is 1. The van der Waals surface area contributed by atoms with Crippen molar-refractivity contribution >= 4 is 17.5 Å². The molecule has 0 bridgehead atoms. The van der Waals surface area contributed by atoms with Crippen LogP contribution < -0.4 is 5.32 Å². The van der Waals surface area contributed by atoms with Gasteiger partial charge in [-0.15, -0.1) is 11.6 Å². The van der Waals surface area contributed by atoms with E-state index in [2.05, 4.69) is 5.32 Å². The summed E-state index contributed by atoms with van der Waals surface area (Å²) in [7, 11) is 0. The number of carbonyl (C=O) groups is 1. The molecule has 2 N–H and O–H groups in total. The van der Waals surface area contributed by atoms with E-state index in [4.69, 9.17) is 11.6 Å². The second kappa shape index (κ2) is 5.07. The van der Waals surface area contributed by atoms with Gasteiger partial charge in [-0.05, 0) is 37.0 Å². The molecular weight excluding hydrogens is 238 g/mol. The van der Waals surface area contributed by atoms with Crippen LogP contribution in [0.2, 0.25) is 0 Å². The SMILES string of the molecule is O=C(NC1(CO)CCC1)c1ccc(CCl)cc1. The third-order valence-corrected chi connectivity index (χ3v) is 3.67. The predicted octanol–water partition coefficient (Wildman–Crippen LogP) is 2.07. The first kappa shape index (κ1) is 12.4. The molecule has 1 aromatic rings. The number of amides is 1. The fraction of sp³-hybridized carbons (Fsp3) is 0.462. The zero-order chi connectivity index (χ0) is 12.3. The molecule has 0 heterocycles. The first-order valence-electron chi connectivity index (χ1n) is 5.77. The van der Waals surface area contributed by atoms with Crippen LogP contribution in [0.15, 0.2) is 24.3 Å². The Bertz CT molecular complexity index is 393. The highest BCUT2D eigenvalue weighted by Gasteiger charge is 2.37. The van der Waals surface area contributed by atoms with E-state index in [1.165, 1.54) is 0 Å². The van der Waals surface area contributed by atoms with E-state index in [9.17, 15) is 9.90 Å². The predicted molar refractivity (Wildman–Crippen MR) is 67.1 cm³/mol. The van der Waals surface area contributed by atoms with Crippen molar-refractivity contribution in [3.63, 3.8) is 0 Å². The summed E-state index contributed by atoms with van der Waals surface area (Å²) in [4.78, 5) is 12.0. The van der Waals surface area contributed by atoms with Gasteiger partial charge in [0.25, 0.3) is 5.91 Å².